The summed E-state index contributed by atoms with van der Waals surface area (Å²) in [6.07, 6.45) is 60.9. The molecule has 0 saturated heterocycles. The van der Waals surface area contributed by atoms with Gasteiger partial charge in [-0.05, 0) is 83.5 Å². The van der Waals surface area contributed by atoms with E-state index >= 15 is 0 Å². The summed E-state index contributed by atoms with van der Waals surface area (Å²) in [5.74, 6) is -0.162. The fourth-order valence-corrected chi connectivity index (χ4v) is 7.50. The summed E-state index contributed by atoms with van der Waals surface area (Å²) >= 11 is 0. The van der Waals surface area contributed by atoms with Crippen LogP contribution in [0.2, 0.25) is 0 Å². The van der Waals surface area contributed by atoms with Gasteiger partial charge in [-0.1, -0.05) is 210 Å². The van der Waals surface area contributed by atoms with Gasteiger partial charge in [0.25, 0.3) is 0 Å². The molecule has 4 N–H and O–H groups in total. The van der Waals surface area contributed by atoms with Crippen LogP contribution in [0.3, 0.4) is 0 Å². The number of rotatable bonds is 45. The zero-order valence-corrected chi connectivity index (χ0v) is 38.0. The predicted octanol–water partition coefficient (Wildman–Crippen LogP) is 14.9. The second-order valence-electron chi connectivity index (χ2n) is 17.0. The van der Waals surface area contributed by atoms with E-state index < -0.39 is 18.2 Å². The van der Waals surface area contributed by atoms with Gasteiger partial charge in [0.2, 0.25) is 5.91 Å². The Bertz CT molecular complexity index is 927. The smallest absolute Gasteiger partial charge is 0.220 e. The summed E-state index contributed by atoms with van der Waals surface area (Å²) in [7, 11) is 0. The first-order valence-electron chi connectivity index (χ1n) is 24.9. The lowest BCUT2D eigenvalue weighted by Crippen LogP contribution is -2.50. The van der Waals surface area contributed by atoms with E-state index in [1.807, 2.05) is 0 Å². The molecule has 0 aromatic heterocycles. The molecule has 0 aromatic carbocycles. The number of nitrogens with one attached hydrogen (secondary N) is 1. The minimum absolute atomic E-state index is 0.162. The maximum absolute atomic E-state index is 12.5. The van der Waals surface area contributed by atoms with Crippen molar-refractivity contribution in [3.05, 3.63) is 48.6 Å². The zero-order chi connectivity index (χ0) is 41.5. The Hall–Kier alpha value is -1.69. The summed E-state index contributed by atoms with van der Waals surface area (Å²) in [5, 5.41) is 33.6. The lowest BCUT2D eigenvalue weighted by molar-refractivity contribution is -0.124. The molecule has 0 aliphatic carbocycles. The fraction of sp³-hybridized carbons (Fsp3) is 0.827. The van der Waals surface area contributed by atoms with E-state index in [4.69, 9.17) is 0 Å². The van der Waals surface area contributed by atoms with Crippen LogP contribution < -0.4 is 5.32 Å². The molecule has 1 amide bonds. The maximum Gasteiger partial charge on any atom is 0.220 e. The van der Waals surface area contributed by atoms with Crippen LogP contribution in [0.5, 0.6) is 0 Å². The second kappa shape index (κ2) is 47.0. The summed E-state index contributed by atoms with van der Waals surface area (Å²) in [4.78, 5) is 12.5. The summed E-state index contributed by atoms with van der Waals surface area (Å²) in [6, 6.07) is -0.836. The van der Waals surface area contributed by atoms with Gasteiger partial charge in [-0.15, -0.1) is 0 Å². The standard InChI is InChI=1S/C52H97NO4/c1-3-5-7-9-11-13-15-17-19-21-23-24-25-26-27-28-29-31-33-35-37-39-41-43-45-47-51(56)53-49(48-54)52(57)50(55)46-44-42-40-38-36-34-32-30-22-20-18-16-14-12-10-8-6-4-2/h23-24,26-27,30,32,38,40,49-50,52,54-55,57H,3-22,25,28-29,31,33-37,39,41-48H2,1-2H3,(H,53,56)/b24-23-,27-26-,32-30+,40-38+. The van der Waals surface area contributed by atoms with Gasteiger partial charge in [-0.3, -0.25) is 4.79 Å². The monoisotopic (exact) mass is 800 g/mol. The van der Waals surface area contributed by atoms with Gasteiger partial charge >= 0.3 is 0 Å². The van der Waals surface area contributed by atoms with Crippen molar-refractivity contribution in [2.45, 2.75) is 270 Å². The van der Waals surface area contributed by atoms with Crippen molar-refractivity contribution in [1.82, 2.24) is 5.32 Å². The summed E-state index contributed by atoms with van der Waals surface area (Å²) in [6.45, 7) is 4.17. The van der Waals surface area contributed by atoms with Crippen LogP contribution in [0.15, 0.2) is 48.6 Å². The Balaban J connectivity index is 3.66. The van der Waals surface area contributed by atoms with Crippen molar-refractivity contribution in [1.29, 1.82) is 0 Å². The topological polar surface area (TPSA) is 89.8 Å². The van der Waals surface area contributed by atoms with E-state index in [2.05, 4.69) is 67.8 Å². The van der Waals surface area contributed by atoms with Crippen molar-refractivity contribution >= 4 is 5.91 Å². The van der Waals surface area contributed by atoms with Crippen molar-refractivity contribution in [3.63, 3.8) is 0 Å². The van der Waals surface area contributed by atoms with Crippen LogP contribution in [0.1, 0.15) is 251 Å². The van der Waals surface area contributed by atoms with Crippen molar-refractivity contribution in [2.24, 2.45) is 0 Å². The van der Waals surface area contributed by atoms with Gasteiger partial charge in [-0.2, -0.15) is 0 Å². The number of hydrogen-bond donors (Lipinski definition) is 4. The lowest BCUT2D eigenvalue weighted by Gasteiger charge is -2.26. The molecule has 0 rings (SSSR count). The molecule has 0 spiro atoms. The van der Waals surface area contributed by atoms with Gasteiger partial charge in [-0.25, -0.2) is 0 Å². The molecule has 0 aliphatic heterocycles. The molecule has 5 heteroatoms. The molecule has 0 aliphatic rings. The molecule has 3 atom stereocenters. The van der Waals surface area contributed by atoms with Gasteiger partial charge in [0.05, 0.1) is 18.8 Å². The van der Waals surface area contributed by atoms with Crippen molar-refractivity contribution < 1.29 is 20.1 Å². The molecule has 0 radical (unpaired) electrons. The number of carbonyl (C=O) groups excluding carboxylic acids is 1. The first-order chi connectivity index (χ1) is 28.1. The molecular formula is C52H97NO4. The average Bonchev–Trinajstić information content (AvgIpc) is 3.22. The highest BCUT2D eigenvalue weighted by atomic mass is 16.3. The van der Waals surface area contributed by atoms with Gasteiger partial charge in [0, 0.05) is 6.42 Å². The Morgan fingerprint density at radius 1 is 0.439 bits per heavy atom. The number of hydrogen-bond acceptors (Lipinski definition) is 4. The second-order valence-corrected chi connectivity index (χ2v) is 17.0. The van der Waals surface area contributed by atoms with Crippen LogP contribution in [0.4, 0.5) is 0 Å². The minimum atomic E-state index is -1.17. The summed E-state index contributed by atoms with van der Waals surface area (Å²) in [5.41, 5.74) is 0. The van der Waals surface area contributed by atoms with E-state index in [9.17, 15) is 20.1 Å². The Kier molecular flexibility index (Phi) is 45.6. The Morgan fingerprint density at radius 2 is 0.772 bits per heavy atom. The largest absolute Gasteiger partial charge is 0.394 e. The molecule has 57 heavy (non-hydrogen) atoms. The highest BCUT2D eigenvalue weighted by Gasteiger charge is 2.26. The minimum Gasteiger partial charge on any atom is -0.394 e. The summed E-state index contributed by atoms with van der Waals surface area (Å²) < 4.78 is 0. The molecule has 3 unspecified atom stereocenters. The number of carbonyl (C=O) groups is 1. The lowest BCUT2D eigenvalue weighted by atomic mass is 10.0. The van der Waals surface area contributed by atoms with Crippen molar-refractivity contribution in [3.8, 4) is 0 Å². The Morgan fingerprint density at radius 3 is 1.18 bits per heavy atom. The van der Waals surface area contributed by atoms with Gasteiger partial charge in [0.1, 0.15) is 6.10 Å². The van der Waals surface area contributed by atoms with E-state index in [1.165, 1.54) is 173 Å². The number of amides is 1. The van der Waals surface area contributed by atoms with Crippen LogP contribution in [0.25, 0.3) is 0 Å². The van der Waals surface area contributed by atoms with Crippen LogP contribution in [-0.2, 0) is 4.79 Å². The number of unbranched alkanes of at least 4 members (excludes halogenated alkanes) is 29. The van der Waals surface area contributed by atoms with Crippen LogP contribution in [-0.4, -0.2) is 46.1 Å². The first-order valence-corrected chi connectivity index (χ1v) is 24.9. The van der Waals surface area contributed by atoms with E-state index in [1.54, 1.807) is 0 Å². The highest BCUT2D eigenvalue weighted by molar-refractivity contribution is 5.76. The molecular weight excluding hydrogens is 703 g/mol. The number of aliphatic hydroxyl groups is 3. The quantitative estimate of drug-likeness (QED) is 0.0365. The molecule has 0 heterocycles. The van der Waals surface area contributed by atoms with E-state index in [0.29, 0.717) is 12.8 Å². The third kappa shape index (κ3) is 42.2. The van der Waals surface area contributed by atoms with Gasteiger partial charge < -0.3 is 20.6 Å². The molecule has 5 nitrogen and oxygen atoms in total. The van der Waals surface area contributed by atoms with Crippen LogP contribution >= 0.6 is 0 Å². The maximum atomic E-state index is 12.5. The number of allylic oxidation sites excluding steroid dienone is 8. The normalized spacial score (nSPS) is 13.8. The zero-order valence-electron chi connectivity index (χ0n) is 38.0. The third-order valence-corrected chi connectivity index (χ3v) is 11.4. The molecule has 334 valence electrons. The van der Waals surface area contributed by atoms with Crippen LogP contribution in [0, 0.1) is 0 Å². The molecule has 0 bridgehead atoms. The molecule has 0 fully saturated rings. The SMILES string of the molecule is CCCCCCCCCCC/C=C\C/C=C\CCCCCCCCCCCC(=O)NC(CO)C(O)C(O)CCC/C=C/CC/C=C/CCCCCCCCCCC. The molecule has 0 aromatic rings. The van der Waals surface area contributed by atoms with E-state index in [-0.39, 0.29) is 12.5 Å². The highest BCUT2D eigenvalue weighted by Crippen LogP contribution is 2.15. The number of aliphatic hydroxyl groups excluding tert-OH is 3. The van der Waals surface area contributed by atoms with E-state index in [0.717, 1.165) is 51.4 Å². The fourth-order valence-electron chi connectivity index (χ4n) is 7.50. The first kappa shape index (κ1) is 55.3. The van der Waals surface area contributed by atoms with Crippen molar-refractivity contribution in [2.75, 3.05) is 6.61 Å². The third-order valence-electron chi connectivity index (χ3n) is 11.4. The average molecular weight is 800 g/mol. The Labute approximate surface area is 355 Å². The molecule has 0 saturated carbocycles. The predicted molar refractivity (Wildman–Crippen MR) is 250 cm³/mol. The van der Waals surface area contributed by atoms with Gasteiger partial charge in [0.15, 0.2) is 0 Å².